The van der Waals surface area contributed by atoms with Gasteiger partial charge in [0.1, 0.15) is 6.10 Å². The van der Waals surface area contributed by atoms with Crippen LogP contribution in [0, 0.1) is 4.77 Å². The van der Waals surface area contributed by atoms with Gasteiger partial charge in [-0.2, -0.15) is 14.9 Å². The van der Waals surface area contributed by atoms with E-state index in [0.717, 1.165) is 25.0 Å². The molecule has 1 aromatic heterocycles. The van der Waals surface area contributed by atoms with Gasteiger partial charge in [0.2, 0.25) is 4.77 Å². The Hall–Kier alpha value is -1.90. The van der Waals surface area contributed by atoms with Gasteiger partial charge in [0.05, 0.1) is 24.5 Å². The monoisotopic (exact) mass is 396 g/mol. The number of H-pyrrole nitrogens is 1. The van der Waals surface area contributed by atoms with Gasteiger partial charge in [-0.1, -0.05) is 11.6 Å². The Morgan fingerprint density at radius 1 is 1.42 bits per heavy atom. The third-order valence-corrected chi connectivity index (χ3v) is 4.38. The first-order valence-corrected chi connectivity index (χ1v) is 9.35. The maximum Gasteiger partial charge on any atom is 0.216 e. The van der Waals surface area contributed by atoms with Gasteiger partial charge < -0.3 is 14.2 Å². The molecule has 0 saturated carbocycles. The number of ether oxygens (including phenoxy) is 3. The number of nitrogens with one attached hydrogen (secondary N) is 1. The fourth-order valence-electron chi connectivity index (χ4n) is 2.74. The minimum absolute atomic E-state index is 0.0944. The molecule has 7 nitrogen and oxygen atoms in total. The summed E-state index contributed by atoms with van der Waals surface area (Å²) in [7, 11) is 0. The molecule has 1 aliphatic rings. The van der Waals surface area contributed by atoms with Crippen molar-refractivity contribution < 1.29 is 14.2 Å². The highest BCUT2D eigenvalue weighted by Gasteiger charge is 2.23. The summed E-state index contributed by atoms with van der Waals surface area (Å²) in [5.74, 6) is 1.79. The van der Waals surface area contributed by atoms with Crippen LogP contribution >= 0.6 is 23.8 Å². The highest BCUT2D eigenvalue weighted by atomic mass is 35.5. The molecule has 0 spiro atoms. The zero-order valence-corrected chi connectivity index (χ0v) is 16.3. The molecule has 0 bridgehead atoms. The van der Waals surface area contributed by atoms with Gasteiger partial charge in [-0.3, -0.25) is 5.10 Å². The highest BCUT2D eigenvalue weighted by Crippen LogP contribution is 2.36. The van der Waals surface area contributed by atoms with Gasteiger partial charge in [0.15, 0.2) is 17.3 Å². The minimum Gasteiger partial charge on any atom is -0.490 e. The van der Waals surface area contributed by atoms with Crippen LogP contribution in [0.3, 0.4) is 0 Å². The predicted octanol–water partition coefficient (Wildman–Crippen LogP) is 4.13. The molecule has 1 aromatic carbocycles. The van der Waals surface area contributed by atoms with E-state index in [9.17, 15) is 0 Å². The van der Waals surface area contributed by atoms with E-state index in [1.54, 1.807) is 17.0 Å². The number of rotatable bonds is 7. The van der Waals surface area contributed by atoms with Crippen LogP contribution in [-0.4, -0.2) is 40.9 Å². The second kappa shape index (κ2) is 8.66. The first-order chi connectivity index (χ1) is 12.6. The van der Waals surface area contributed by atoms with Crippen molar-refractivity contribution in [3.8, 4) is 11.5 Å². The van der Waals surface area contributed by atoms with Gasteiger partial charge in [-0.25, -0.2) is 0 Å². The fourth-order valence-corrected chi connectivity index (χ4v) is 3.20. The molecular weight excluding hydrogens is 376 g/mol. The van der Waals surface area contributed by atoms with Gasteiger partial charge in [0, 0.05) is 6.61 Å². The Balaban J connectivity index is 1.91. The molecule has 2 aromatic rings. The molecule has 0 radical (unpaired) electrons. The number of aromatic amines is 1. The molecule has 1 fully saturated rings. The van der Waals surface area contributed by atoms with Crippen molar-refractivity contribution in [1.29, 1.82) is 0 Å². The van der Waals surface area contributed by atoms with E-state index < -0.39 is 0 Å². The van der Waals surface area contributed by atoms with Crippen molar-refractivity contribution in [1.82, 2.24) is 14.9 Å². The van der Waals surface area contributed by atoms with Crippen molar-refractivity contribution in [3.05, 3.63) is 33.3 Å². The summed E-state index contributed by atoms with van der Waals surface area (Å²) in [5, 5.41) is 11.9. The summed E-state index contributed by atoms with van der Waals surface area (Å²) in [6.07, 6.45) is 3.47. The van der Waals surface area contributed by atoms with Crippen LogP contribution in [0.2, 0.25) is 5.02 Å². The van der Waals surface area contributed by atoms with Crippen LogP contribution in [-0.2, 0) is 4.74 Å². The zero-order valence-electron chi connectivity index (χ0n) is 14.7. The number of halogens is 1. The topological polar surface area (TPSA) is 73.7 Å². The fraction of sp³-hybridized carbons (Fsp3) is 0.471. The third-order valence-electron chi connectivity index (χ3n) is 3.84. The lowest BCUT2D eigenvalue weighted by atomic mass is 10.2. The van der Waals surface area contributed by atoms with E-state index in [2.05, 4.69) is 15.3 Å². The third kappa shape index (κ3) is 4.08. The summed E-state index contributed by atoms with van der Waals surface area (Å²) in [6.45, 7) is 5.53. The largest absolute Gasteiger partial charge is 0.490 e. The van der Waals surface area contributed by atoms with Crippen LogP contribution < -0.4 is 9.47 Å². The first-order valence-electron chi connectivity index (χ1n) is 8.56. The van der Waals surface area contributed by atoms with E-state index in [4.69, 9.17) is 38.0 Å². The van der Waals surface area contributed by atoms with E-state index in [0.29, 0.717) is 40.3 Å². The second-order valence-electron chi connectivity index (χ2n) is 5.64. The molecule has 0 aliphatic carbocycles. The van der Waals surface area contributed by atoms with Crippen molar-refractivity contribution >= 4 is 30.0 Å². The van der Waals surface area contributed by atoms with E-state index in [-0.39, 0.29) is 6.10 Å². The molecule has 3 rings (SSSR count). The normalized spacial score (nSPS) is 17.1. The molecule has 1 aliphatic heterocycles. The number of hydrogen-bond acceptors (Lipinski definition) is 6. The zero-order chi connectivity index (χ0) is 18.5. The Kier molecular flexibility index (Phi) is 6.29. The van der Waals surface area contributed by atoms with Gasteiger partial charge in [-0.05, 0) is 56.6 Å². The Bertz CT molecular complexity index is 843. The molecule has 9 heteroatoms. The molecule has 1 atom stereocenters. The molecule has 1 saturated heterocycles. The van der Waals surface area contributed by atoms with Crippen molar-refractivity contribution in [2.75, 3.05) is 19.8 Å². The van der Waals surface area contributed by atoms with Crippen LogP contribution in [0.15, 0.2) is 17.2 Å². The first kappa shape index (κ1) is 18.9. The van der Waals surface area contributed by atoms with Gasteiger partial charge >= 0.3 is 0 Å². The van der Waals surface area contributed by atoms with Crippen LogP contribution in [0.25, 0.3) is 0 Å². The molecular formula is C17H21ClN4O3S. The summed E-state index contributed by atoms with van der Waals surface area (Å²) >= 11 is 11.6. The predicted molar refractivity (Wildman–Crippen MR) is 102 cm³/mol. The molecule has 1 N–H and O–H groups in total. The number of aromatic nitrogens is 3. The van der Waals surface area contributed by atoms with E-state index >= 15 is 0 Å². The molecule has 1 unspecified atom stereocenters. The maximum absolute atomic E-state index is 6.34. The van der Waals surface area contributed by atoms with E-state index in [1.807, 2.05) is 19.9 Å². The molecule has 140 valence electrons. The molecule has 0 amide bonds. The summed E-state index contributed by atoms with van der Waals surface area (Å²) in [4.78, 5) is 0. The minimum atomic E-state index is -0.0944. The average Bonchev–Trinajstić information content (AvgIpc) is 3.26. The van der Waals surface area contributed by atoms with Crippen molar-refractivity contribution in [2.24, 2.45) is 5.10 Å². The summed E-state index contributed by atoms with van der Waals surface area (Å²) in [6, 6.07) is 3.60. The molecule has 26 heavy (non-hydrogen) atoms. The number of hydrogen-bond donors (Lipinski definition) is 1. The van der Waals surface area contributed by atoms with Crippen molar-refractivity contribution in [3.63, 3.8) is 0 Å². The highest BCUT2D eigenvalue weighted by molar-refractivity contribution is 7.71. The average molecular weight is 397 g/mol. The number of benzene rings is 1. The van der Waals surface area contributed by atoms with Crippen molar-refractivity contribution in [2.45, 2.75) is 32.8 Å². The van der Waals surface area contributed by atoms with Crippen LogP contribution in [0.4, 0.5) is 0 Å². The van der Waals surface area contributed by atoms with E-state index in [1.165, 1.54) is 0 Å². The van der Waals surface area contributed by atoms with Crippen LogP contribution in [0.1, 0.15) is 44.2 Å². The smallest absolute Gasteiger partial charge is 0.216 e. The Morgan fingerprint density at radius 3 is 2.92 bits per heavy atom. The second-order valence-corrected chi connectivity index (χ2v) is 6.43. The lowest BCUT2D eigenvalue weighted by Gasteiger charge is -2.13. The maximum atomic E-state index is 6.34. The number of nitrogens with zero attached hydrogens (tertiary/aromatic N) is 3. The van der Waals surface area contributed by atoms with Gasteiger partial charge in [0.25, 0.3) is 0 Å². The summed E-state index contributed by atoms with van der Waals surface area (Å²) < 4.78 is 18.9. The standard InChI is InChI=1S/C17H21ClN4O3S/c1-3-23-14-9-11(8-12(18)15(14)24-4-2)10-19-22-16(20-21-17(22)26)13-6-5-7-25-13/h8-10,13H,3-7H2,1-2H3,(H,21,26)/b19-10-. The van der Waals surface area contributed by atoms with Gasteiger partial charge in [-0.15, -0.1) is 0 Å². The Morgan fingerprint density at radius 2 is 2.23 bits per heavy atom. The Labute approximate surface area is 161 Å². The lowest BCUT2D eigenvalue weighted by Crippen LogP contribution is -2.05. The SMILES string of the molecule is CCOc1cc(/C=N\n2c(C3CCCO3)n[nH]c2=S)cc(Cl)c1OCC. The molecule has 2 heterocycles. The lowest BCUT2D eigenvalue weighted by molar-refractivity contribution is 0.102. The van der Waals surface area contributed by atoms with Crippen LogP contribution in [0.5, 0.6) is 11.5 Å². The summed E-state index contributed by atoms with van der Waals surface area (Å²) in [5.41, 5.74) is 0.767. The quantitative estimate of drug-likeness (QED) is 0.562.